The summed E-state index contributed by atoms with van der Waals surface area (Å²) in [5, 5.41) is 9.10. The van der Waals surface area contributed by atoms with Crippen LogP contribution in [0.25, 0.3) is 0 Å². The third-order valence-corrected chi connectivity index (χ3v) is 3.66. The Balaban J connectivity index is 2.45. The quantitative estimate of drug-likeness (QED) is 0.830. The van der Waals surface area contributed by atoms with Gasteiger partial charge in [-0.2, -0.15) is 18.4 Å². The van der Waals surface area contributed by atoms with Crippen LogP contribution in [0.15, 0.2) is 12.1 Å². The number of piperidine rings is 1. The monoisotopic (exact) mass is 283 g/mol. The van der Waals surface area contributed by atoms with Crippen molar-refractivity contribution in [3.63, 3.8) is 0 Å². The molecule has 0 aromatic carbocycles. The molecule has 108 valence electrons. The van der Waals surface area contributed by atoms with Gasteiger partial charge in [0.05, 0.1) is 5.56 Å². The Morgan fingerprint density at radius 2 is 2.15 bits per heavy atom. The number of anilines is 1. The zero-order valence-corrected chi connectivity index (χ0v) is 11.2. The van der Waals surface area contributed by atoms with E-state index in [1.165, 1.54) is 6.07 Å². The van der Waals surface area contributed by atoms with Crippen LogP contribution in [0.3, 0.4) is 0 Å². The highest BCUT2D eigenvalue weighted by Gasteiger charge is 2.34. The fourth-order valence-corrected chi connectivity index (χ4v) is 2.62. The maximum absolute atomic E-state index is 12.8. The molecule has 0 spiro atoms. The predicted octanol–water partition coefficient (Wildman–Crippen LogP) is 3.74. The largest absolute Gasteiger partial charge is 0.433 e. The summed E-state index contributed by atoms with van der Waals surface area (Å²) in [6, 6.07) is 4.19. The molecule has 1 fully saturated rings. The first kappa shape index (κ1) is 14.6. The Morgan fingerprint density at radius 3 is 2.75 bits per heavy atom. The lowest BCUT2D eigenvalue weighted by atomic mass is 9.99. The molecule has 1 aromatic rings. The van der Waals surface area contributed by atoms with E-state index in [1.54, 1.807) is 0 Å². The molecule has 1 aromatic heterocycles. The summed E-state index contributed by atoms with van der Waals surface area (Å²) in [5.41, 5.74) is -0.731. The van der Waals surface area contributed by atoms with E-state index in [-0.39, 0.29) is 17.4 Å². The fraction of sp³-hybridized carbons (Fsp3) is 0.571. The molecule has 0 bridgehead atoms. The van der Waals surface area contributed by atoms with Crippen LogP contribution in [0.5, 0.6) is 0 Å². The summed E-state index contributed by atoms with van der Waals surface area (Å²) >= 11 is 0. The van der Waals surface area contributed by atoms with E-state index in [0.717, 1.165) is 31.7 Å². The van der Waals surface area contributed by atoms with Gasteiger partial charge in [0.1, 0.15) is 17.6 Å². The number of rotatable bonds is 2. The molecular weight excluding hydrogens is 267 g/mol. The Hall–Kier alpha value is -1.77. The van der Waals surface area contributed by atoms with Crippen molar-refractivity contribution in [2.75, 3.05) is 11.4 Å². The van der Waals surface area contributed by atoms with Crippen molar-refractivity contribution in [2.24, 2.45) is 0 Å². The summed E-state index contributed by atoms with van der Waals surface area (Å²) in [6.07, 6.45) is -0.739. The lowest BCUT2D eigenvalue weighted by Crippen LogP contribution is -2.40. The van der Waals surface area contributed by atoms with Crippen LogP contribution in [0, 0.1) is 11.3 Å². The molecule has 20 heavy (non-hydrogen) atoms. The predicted molar refractivity (Wildman–Crippen MR) is 69.2 cm³/mol. The van der Waals surface area contributed by atoms with Crippen molar-refractivity contribution < 1.29 is 13.2 Å². The van der Waals surface area contributed by atoms with Crippen LogP contribution >= 0.6 is 0 Å². The van der Waals surface area contributed by atoms with Crippen LogP contribution in [0.1, 0.15) is 43.9 Å². The number of alkyl halides is 3. The van der Waals surface area contributed by atoms with Gasteiger partial charge in [-0.3, -0.25) is 0 Å². The van der Waals surface area contributed by atoms with Gasteiger partial charge >= 0.3 is 6.18 Å². The lowest BCUT2D eigenvalue weighted by Gasteiger charge is -2.36. The molecule has 1 aliphatic heterocycles. The molecule has 6 heteroatoms. The molecule has 0 saturated carbocycles. The highest BCUT2D eigenvalue weighted by atomic mass is 19.4. The topological polar surface area (TPSA) is 39.9 Å². The molecule has 0 radical (unpaired) electrons. The molecule has 0 amide bonds. The number of pyridine rings is 1. The second-order valence-corrected chi connectivity index (χ2v) is 4.93. The Kier molecular flexibility index (Phi) is 4.17. The number of nitrogens with zero attached hydrogens (tertiary/aromatic N) is 3. The minimum atomic E-state index is -4.49. The average Bonchev–Trinajstić information content (AvgIpc) is 2.45. The molecule has 1 unspecified atom stereocenters. The van der Waals surface area contributed by atoms with Gasteiger partial charge in [-0.05, 0) is 37.8 Å². The molecule has 3 nitrogen and oxygen atoms in total. The van der Waals surface area contributed by atoms with E-state index in [9.17, 15) is 13.2 Å². The number of halogens is 3. The average molecular weight is 283 g/mol. The molecule has 0 aliphatic carbocycles. The van der Waals surface area contributed by atoms with E-state index in [4.69, 9.17) is 5.26 Å². The standard InChI is InChI=1S/C14H16F3N3/c1-2-11-5-3-4-8-20(11)13-10(9-18)6-7-12(19-13)14(15,16)17/h6-7,11H,2-5,8H2,1H3. The van der Waals surface area contributed by atoms with Gasteiger partial charge in [0, 0.05) is 12.6 Å². The molecular formula is C14H16F3N3. The second-order valence-electron chi connectivity index (χ2n) is 4.93. The highest BCUT2D eigenvalue weighted by molar-refractivity contribution is 5.55. The first-order chi connectivity index (χ1) is 9.47. The van der Waals surface area contributed by atoms with Gasteiger partial charge in [-0.1, -0.05) is 6.92 Å². The minimum absolute atomic E-state index is 0.159. The van der Waals surface area contributed by atoms with Crippen molar-refractivity contribution in [1.82, 2.24) is 4.98 Å². The van der Waals surface area contributed by atoms with Crippen LogP contribution in [0.2, 0.25) is 0 Å². The van der Waals surface area contributed by atoms with Crippen molar-refractivity contribution in [2.45, 2.75) is 44.8 Å². The first-order valence-electron chi connectivity index (χ1n) is 6.72. The second kappa shape index (κ2) is 5.70. The number of hydrogen-bond donors (Lipinski definition) is 0. The molecule has 0 N–H and O–H groups in total. The van der Waals surface area contributed by atoms with Crippen molar-refractivity contribution in [1.29, 1.82) is 5.26 Å². The minimum Gasteiger partial charge on any atom is -0.353 e. The molecule has 1 aliphatic rings. The van der Waals surface area contributed by atoms with Gasteiger partial charge in [0.2, 0.25) is 0 Å². The van der Waals surface area contributed by atoms with E-state index >= 15 is 0 Å². The summed E-state index contributed by atoms with van der Waals surface area (Å²) in [4.78, 5) is 5.57. The number of nitriles is 1. The number of hydrogen-bond acceptors (Lipinski definition) is 3. The van der Waals surface area contributed by atoms with Crippen LogP contribution in [-0.4, -0.2) is 17.6 Å². The zero-order chi connectivity index (χ0) is 14.8. The molecule has 1 atom stereocenters. The third-order valence-electron chi connectivity index (χ3n) is 3.66. The molecule has 2 rings (SSSR count). The summed E-state index contributed by atoms with van der Waals surface area (Å²) in [5.74, 6) is 0.175. The fourth-order valence-electron chi connectivity index (χ4n) is 2.62. The van der Waals surface area contributed by atoms with Crippen LogP contribution in [-0.2, 0) is 6.18 Å². The zero-order valence-electron chi connectivity index (χ0n) is 11.2. The van der Waals surface area contributed by atoms with E-state index in [0.29, 0.717) is 6.54 Å². The summed E-state index contributed by atoms with van der Waals surface area (Å²) in [7, 11) is 0. The lowest BCUT2D eigenvalue weighted by molar-refractivity contribution is -0.141. The van der Waals surface area contributed by atoms with Crippen molar-refractivity contribution in [3.8, 4) is 6.07 Å². The van der Waals surface area contributed by atoms with E-state index in [1.807, 2.05) is 17.9 Å². The highest BCUT2D eigenvalue weighted by Crippen LogP contribution is 2.33. The smallest absolute Gasteiger partial charge is 0.353 e. The Morgan fingerprint density at radius 1 is 1.40 bits per heavy atom. The van der Waals surface area contributed by atoms with Crippen molar-refractivity contribution >= 4 is 5.82 Å². The van der Waals surface area contributed by atoms with Crippen molar-refractivity contribution in [3.05, 3.63) is 23.4 Å². The van der Waals surface area contributed by atoms with E-state index in [2.05, 4.69) is 4.98 Å². The summed E-state index contributed by atoms with van der Waals surface area (Å²) < 4.78 is 38.4. The van der Waals surface area contributed by atoms with Crippen LogP contribution < -0.4 is 4.90 Å². The SMILES string of the molecule is CCC1CCCCN1c1nc(C(F)(F)F)ccc1C#N. The van der Waals surface area contributed by atoms with Gasteiger partial charge in [0.15, 0.2) is 0 Å². The molecule has 2 heterocycles. The Labute approximate surface area is 116 Å². The summed E-state index contributed by atoms with van der Waals surface area (Å²) in [6.45, 7) is 2.66. The molecule has 1 saturated heterocycles. The number of aromatic nitrogens is 1. The van der Waals surface area contributed by atoms with Gasteiger partial charge in [-0.15, -0.1) is 0 Å². The first-order valence-corrected chi connectivity index (χ1v) is 6.72. The van der Waals surface area contributed by atoms with Gasteiger partial charge in [-0.25, -0.2) is 4.98 Å². The van der Waals surface area contributed by atoms with Gasteiger partial charge in [0.25, 0.3) is 0 Å². The van der Waals surface area contributed by atoms with E-state index < -0.39 is 11.9 Å². The normalized spacial score (nSPS) is 19.8. The maximum atomic E-state index is 12.8. The van der Waals surface area contributed by atoms with Gasteiger partial charge < -0.3 is 4.90 Å². The Bertz CT molecular complexity index is 519. The van der Waals surface area contributed by atoms with Crippen LogP contribution in [0.4, 0.5) is 19.0 Å². The third kappa shape index (κ3) is 2.87. The maximum Gasteiger partial charge on any atom is 0.433 e.